The molecule has 0 aliphatic rings. The summed E-state index contributed by atoms with van der Waals surface area (Å²) >= 11 is 0. The van der Waals surface area contributed by atoms with E-state index in [1.54, 1.807) is 30.3 Å². The first-order valence-corrected chi connectivity index (χ1v) is 9.90. The van der Waals surface area contributed by atoms with Crippen LogP contribution in [0.1, 0.15) is 22.5 Å². The summed E-state index contributed by atoms with van der Waals surface area (Å²) < 4.78 is 58.3. The average molecular weight is 423 g/mol. The van der Waals surface area contributed by atoms with Crippen molar-refractivity contribution in [2.24, 2.45) is 10.7 Å². The maximum absolute atomic E-state index is 13.5. The average Bonchev–Trinajstić information content (AvgIpc) is 3.06. The number of hydrogen-bond donors (Lipinski definition) is 2. The Hall–Kier alpha value is -3.31. The van der Waals surface area contributed by atoms with Crippen LogP contribution in [-0.4, -0.2) is 26.5 Å². The van der Waals surface area contributed by atoms with Crippen molar-refractivity contribution in [3.05, 3.63) is 59.9 Å². The Kier molecular flexibility index (Phi) is 5.62. The van der Waals surface area contributed by atoms with Gasteiger partial charge in [0, 0.05) is 16.5 Å². The number of amides is 1. The minimum Gasteiger partial charge on any atom is -0.454 e. The Balaban J connectivity index is 1.98. The predicted octanol–water partition coefficient (Wildman–Crippen LogP) is 2.97. The normalized spacial score (nSPS) is 12.5. The summed E-state index contributed by atoms with van der Waals surface area (Å²) in [7, 11) is -3.85. The van der Waals surface area contributed by atoms with Crippen molar-refractivity contribution >= 4 is 33.0 Å². The number of carbonyl (C=O) groups is 1. The number of nitrogens with one attached hydrogen (secondary N) is 1. The summed E-state index contributed by atoms with van der Waals surface area (Å²) in [5.41, 5.74) is 8.04. The highest BCUT2D eigenvalue weighted by Crippen LogP contribution is 2.39. The first kappa shape index (κ1) is 20.4. The standard InChI is InChI=1S/C18H15F2N3O5S/c1-29(25,26)28-23-18(21)22-17(24)11-6-4-5-10(9-11)14-12-7-2-3-8-13(12)27-15(14)16(19)20/h2-9,16H,1H3,(H3,21,22,23,24). The van der Waals surface area contributed by atoms with Crippen molar-refractivity contribution in [1.82, 2.24) is 5.48 Å². The fourth-order valence-electron chi connectivity index (χ4n) is 2.64. The number of fused-ring (bicyclic) bond motifs is 1. The van der Waals surface area contributed by atoms with Crippen LogP contribution in [0.5, 0.6) is 0 Å². The number of para-hydroxylation sites is 1. The Morgan fingerprint density at radius 1 is 1.21 bits per heavy atom. The number of furan rings is 1. The van der Waals surface area contributed by atoms with E-state index in [4.69, 9.17) is 10.2 Å². The molecule has 0 saturated carbocycles. The molecule has 8 nitrogen and oxygen atoms in total. The zero-order valence-corrected chi connectivity index (χ0v) is 15.7. The SMILES string of the molecule is CS(=O)(=O)ONC(N)=NC(=O)c1cccc(-c2c(C(F)F)oc3ccccc23)c1. The van der Waals surface area contributed by atoms with Crippen molar-refractivity contribution in [2.45, 2.75) is 6.43 Å². The van der Waals surface area contributed by atoms with Gasteiger partial charge in [0.25, 0.3) is 22.5 Å². The number of hydroxylamine groups is 1. The first-order chi connectivity index (χ1) is 13.7. The van der Waals surface area contributed by atoms with Gasteiger partial charge in [-0.2, -0.15) is 13.4 Å². The van der Waals surface area contributed by atoms with Gasteiger partial charge in [-0.25, -0.2) is 14.3 Å². The Morgan fingerprint density at radius 3 is 2.62 bits per heavy atom. The summed E-state index contributed by atoms with van der Waals surface area (Å²) in [6.07, 6.45) is -2.09. The third-order valence-electron chi connectivity index (χ3n) is 3.74. The monoisotopic (exact) mass is 423 g/mol. The summed E-state index contributed by atoms with van der Waals surface area (Å²) in [5, 5.41) is 0.471. The molecule has 3 rings (SSSR count). The largest absolute Gasteiger partial charge is 0.454 e. The number of nitrogens with two attached hydrogens (primary N) is 1. The number of hydrogen-bond acceptors (Lipinski definition) is 5. The van der Waals surface area contributed by atoms with Gasteiger partial charge in [-0.05, 0) is 23.8 Å². The molecule has 0 aliphatic carbocycles. The van der Waals surface area contributed by atoms with E-state index in [2.05, 4.69) is 9.28 Å². The topological polar surface area (TPSA) is 124 Å². The molecule has 3 aromatic rings. The molecule has 0 aliphatic heterocycles. The first-order valence-electron chi connectivity index (χ1n) is 8.08. The molecule has 1 aromatic heterocycles. The van der Waals surface area contributed by atoms with Gasteiger partial charge in [0.05, 0.1) is 6.26 Å². The highest BCUT2D eigenvalue weighted by molar-refractivity contribution is 7.85. The molecule has 1 amide bonds. The van der Waals surface area contributed by atoms with Crippen LogP contribution in [0.2, 0.25) is 0 Å². The van der Waals surface area contributed by atoms with Crippen LogP contribution in [0.25, 0.3) is 22.1 Å². The predicted molar refractivity (Wildman–Crippen MR) is 102 cm³/mol. The maximum atomic E-state index is 13.5. The van der Waals surface area contributed by atoms with Crippen molar-refractivity contribution in [3.63, 3.8) is 0 Å². The molecule has 0 fully saturated rings. The Labute approximate surface area is 164 Å². The summed E-state index contributed by atoms with van der Waals surface area (Å²) in [5.74, 6) is -1.93. The lowest BCUT2D eigenvalue weighted by atomic mass is 9.99. The molecule has 0 spiro atoms. The number of aliphatic imine (C=N–C) groups is 1. The van der Waals surface area contributed by atoms with Crippen LogP contribution in [0, 0.1) is 0 Å². The van der Waals surface area contributed by atoms with Crippen LogP contribution in [-0.2, 0) is 14.4 Å². The minimum atomic E-state index is -3.85. The van der Waals surface area contributed by atoms with Crippen LogP contribution >= 0.6 is 0 Å². The molecule has 2 aromatic carbocycles. The number of guanidine groups is 1. The number of alkyl halides is 2. The molecule has 3 N–H and O–H groups in total. The molecule has 0 bridgehead atoms. The lowest BCUT2D eigenvalue weighted by molar-refractivity contribution is 0.100. The summed E-state index contributed by atoms with van der Waals surface area (Å²) in [4.78, 5) is 15.8. The molecule has 1 heterocycles. The zero-order chi connectivity index (χ0) is 21.2. The van der Waals surface area contributed by atoms with Gasteiger partial charge in [0.15, 0.2) is 5.76 Å². The number of halogens is 2. The van der Waals surface area contributed by atoms with E-state index in [-0.39, 0.29) is 11.1 Å². The van der Waals surface area contributed by atoms with Crippen LogP contribution in [0.15, 0.2) is 57.9 Å². The second-order valence-corrected chi connectivity index (χ2v) is 7.49. The third kappa shape index (κ3) is 4.76. The van der Waals surface area contributed by atoms with Crippen molar-refractivity contribution in [3.8, 4) is 11.1 Å². The van der Waals surface area contributed by atoms with Gasteiger partial charge in [-0.1, -0.05) is 30.3 Å². The van der Waals surface area contributed by atoms with Crippen LogP contribution in [0.4, 0.5) is 8.78 Å². The van der Waals surface area contributed by atoms with E-state index in [9.17, 15) is 22.0 Å². The highest BCUT2D eigenvalue weighted by atomic mass is 32.2. The molecule has 0 unspecified atom stereocenters. The van der Waals surface area contributed by atoms with Gasteiger partial charge in [0.1, 0.15) is 5.58 Å². The Bertz CT molecular complexity index is 1210. The molecule has 152 valence electrons. The number of benzene rings is 2. The van der Waals surface area contributed by atoms with Crippen LogP contribution < -0.4 is 11.2 Å². The number of carbonyl (C=O) groups excluding carboxylic acids is 1. The summed E-state index contributed by atoms with van der Waals surface area (Å²) in [6, 6.07) is 12.4. The van der Waals surface area contributed by atoms with Gasteiger partial charge < -0.3 is 10.2 Å². The smallest absolute Gasteiger partial charge is 0.296 e. The number of nitrogens with zero attached hydrogens (tertiary/aromatic N) is 1. The lowest BCUT2D eigenvalue weighted by Gasteiger charge is -2.06. The van der Waals surface area contributed by atoms with Crippen molar-refractivity contribution < 1.29 is 30.7 Å². The second kappa shape index (κ2) is 7.97. The van der Waals surface area contributed by atoms with Gasteiger partial charge in [-0.3, -0.25) is 4.79 Å². The molecule has 0 atom stereocenters. The van der Waals surface area contributed by atoms with Crippen molar-refractivity contribution in [2.75, 3.05) is 6.26 Å². The summed E-state index contributed by atoms with van der Waals surface area (Å²) in [6.45, 7) is 0. The van der Waals surface area contributed by atoms with E-state index in [0.29, 0.717) is 16.5 Å². The molecular formula is C18H15F2N3O5S. The van der Waals surface area contributed by atoms with Gasteiger partial charge in [0.2, 0.25) is 5.96 Å². The Morgan fingerprint density at radius 2 is 1.93 bits per heavy atom. The van der Waals surface area contributed by atoms with E-state index in [1.165, 1.54) is 18.2 Å². The quantitative estimate of drug-likeness (QED) is 0.367. The molecule has 0 saturated heterocycles. The second-order valence-electron chi connectivity index (χ2n) is 5.91. The van der Waals surface area contributed by atoms with E-state index in [0.717, 1.165) is 6.26 Å². The molecule has 0 radical (unpaired) electrons. The zero-order valence-electron chi connectivity index (χ0n) is 14.9. The number of rotatable bonds is 5. The maximum Gasteiger partial charge on any atom is 0.296 e. The van der Waals surface area contributed by atoms with E-state index < -0.39 is 34.2 Å². The molecule has 11 heteroatoms. The van der Waals surface area contributed by atoms with Gasteiger partial charge >= 0.3 is 0 Å². The van der Waals surface area contributed by atoms with E-state index in [1.807, 2.05) is 5.48 Å². The third-order valence-corrected chi connectivity index (χ3v) is 4.12. The highest BCUT2D eigenvalue weighted by Gasteiger charge is 2.23. The molecular weight excluding hydrogens is 408 g/mol. The fourth-order valence-corrected chi connectivity index (χ4v) is 2.88. The van der Waals surface area contributed by atoms with Gasteiger partial charge in [-0.15, -0.1) is 4.28 Å². The van der Waals surface area contributed by atoms with E-state index >= 15 is 0 Å². The van der Waals surface area contributed by atoms with Crippen LogP contribution in [0.3, 0.4) is 0 Å². The van der Waals surface area contributed by atoms with Crippen molar-refractivity contribution in [1.29, 1.82) is 0 Å². The lowest BCUT2D eigenvalue weighted by Crippen LogP contribution is -2.34. The fraction of sp³-hybridized carbons (Fsp3) is 0.111. The molecule has 29 heavy (non-hydrogen) atoms. The minimum absolute atomic E-state index is 0.0390.